The van der Waals surface area contributed by atoms with Crippen LogP contribution in [0.15, 0.2) is 60.0 Å². The Balaban J connectivity index is 1.63. The molecule has 0 saturated carbocycles. The van der Waals surface area contributed by atoms with Crippen LogP contribution in [0, 0.1) is 0 Å². The number of ether oxygens (including phenoxy) is 1. The summed E-state index contributed by atoms with van der Waals surface area (Å²) in [5, 5.41) is 7.71. The van der Waals surface area contributed by atoms with E-state index in [-0.39, 0.29) is 17.7 Å². The predicted octanol–water partition coefficient (Wildman–Crippen LogP) is 5.26. The molecule has 0 aliphatic carbocycles. The Morgan fingerprint density at radius 3 is 2.53 bits per heavy atom. The number of hydrogen-bond donors (Lipinski definition) is 2. The first-order chi connectivity index (χ1) is 15.3. The zero-order valence-electron chi connectivity index (χ0n) is 17.3. The molecule has 0 aliphatic rings. The van der Waals surface area contributed by atoms with Crippen LogP contribution in [0.3, 0.4) is 0 Å². The van der Waals surface area contributed by atoms with E-state index in [2.05, 4.69) is 20.4 Å². The van der Waals surface area contributed by atoms with Gasteiger partial charge in [0.15, 0.2) is 5.13 Å². The molecule has 9 heteroatoms. The summed E-state index contributed by atoms with van der Waals surface area (Å²) < 4.78 is 29.4. The summed E-state index contributed by atoms with van der Waals surface area (Å²) in [5.41, 5.74) is 2.89. The molecule has 1 atom stereocenters. The van der Waals surface area contributed by atoms with Gasteiger partial charge in [-0.05, 0) is 24.6 Å². The monoisotopic (exact) mass is 457 g/mol. The minimum absolute atomic E-state index is 0.0145. The summed E-state index contributed by atoms with van der Waals surface area (Å²) in [6.45, 7) is 0.425. The van der Waals surface area contributed by atoms with Crippen molar-refractivity contribution in [3.05, 3.63) is 71.1 Å². The molecule has 166 valence electrons. The first kappa shape index (κ1) is 23.1. The Bertz CT molecular complexity index is 1110. The lowest BCUT2D eigenvalue weighted by Crippen LogP contribution is -2.23. The topological polar surface area (TPSA) is 80.3 Å². The molecule has 1 unspecified atom stereocenters. The fourth-order valence-corrected chi connectivity index (χ4v) is 3.65. The van der Waals surface area contributed by atoms with Gasteiger partial charge in [0.1, 0.15) is 5.75 Å². The molecule has 1 heterocycles. The number of nitrogens with one attached hydrogen (secondary N) is 2. The van der Waals surface area contributed by atoms with E-state index in [4.69, 9.17) is 0 Å². The van der Waals surface area contributed by atoms with Gasteiger partial charge in [0.2, 0.25) is 11.8 Å². The number of hydrogen-bond acceptors (Lipinski definition) is 5. The summed E-state index contributed by atoms with van der Waals surface area (Å²) >= 11 is 1.27. The van der Waals surface area contributed by atoms with E-state index < -0.39 is 12.5 Å². The van der Waals surface area contributed by atoms with Crippen LogP contribution in [-0.4, -0.2) is 23.4 Å². The second-order valence-electron chi connectivity index (χ2n) is 6.82. The summed E-state index contributed by atoms with van der Waals surface area (Å²) in [6, 6.07) is 13.7. The zero-order chi connectivity index (χ0) is 23.1. The Labute approximate surface area is 188 Å². The molecule has 2 N–H and O–H groups in total. The van der Waals surface area contributed by atoms with Gasteiger partial charge in [0.05, 0.1) is 11.7 Å². The third-order valence-electron chi connectivity index (χ3n) is 4.41. The average molecular weight is 458 g/mol. The van der Waals surface area contributed by atoms with Crippen LogP contribution in [0.4, 0.5) is 13.9 Å². The normalized spacial score (nSPS) is 12.0. The Hall–Kier alpha value is -3.59. The van der Waals surface area contributed by atoms with Crippen LogP contribution in [0.1, 0.15) is 31.0 Å². The molecule has 0 fully saturated rings. The van der Waals surface area contributed by atoms with E-state index in [9.17, 15) is 18.4 Å². The second-order valence-corrected chi connectivity index (χ2v) is 7.68. The van der Waals surface area contributed by atoms with E-state index in [0.29, 0.717) is 16.4 Å². The fourth-order valence-electron chi connectivity index (χ4n) is 2.93. The summed E-state index contributed by atoms with van der Waals surface area (Å²) in [7, 11) is 0. The van der Waals surface area contributed by atoms with Crippen molar-refractivity contribution in [1.29, 1.82) is 0 Å². The standard InChI is InChI=1S/C23H21F2N3O3S/c1-14(26-15(2)29)16-7-9-17(10-8-16)19-13-32-23(27-19)28-21(30)12-11-18-5-3-4-6-20(18)31-22(24)25/h3-14,22H,1-2H3,(H,26,29)(H,27,28,30)/b12-11+. The van der Waals surface area contributed by atoms with Crippen LogP contribution in [0.25, 0.3) is 17.3 Å². The number of amides is 2. The molecule has 2 amide bonds. The van der Waals surface area contributed by atoms with Gasteiger partial charge in [-0.25, -0.2) is 4.98 Å². The molecule has 0 saturated heterocycles. The molecule has 0 aliphatic heterocycles. The highest BCUT2D eigenvalue weighted by Gasteiger charge is 2.10. The summed E-state index contributed by atoms with van der Waals surface area (Å²) in [6.07, 6.45) is 2.63. The van der Waals surface area contributed by atoms with Gasteiger partial charge in [-0.1, -0.05) is 42.5 Å². The first-order valence-electron chi connectivity index (χ1n) is 9.67. The van der Waals surface area contributed by atoms with Gasteiger partial charge in [0.25, 0.3) is 0 Å². The van der Waals surface area contributed by atoms with Gasteiger partial charge in [-0.3, -0.25) is 14.9 Å². The largest absolute Gasteiger partial charge is 0.434 e. The van der Waals surface area contributed by atoms with Crippen LogP contribution in [-0.2, 0) is 9.59 Å². The SMILES string of the molecule is CC(=O)NC(C)c1ccc(-c2csc(NC(=O)/C=C/c3ccccc3OC(F)F)n2)cc1. The van der Waals surface area contributed by atoms with Crippen molar-refractivity contribution in [2.24, 2.45) is 0 Å². The number of para-hydroxylation sites is 1. The molecule has 32 heavy (non-hydrogen) atoms. The van der Waals surface area contributed by atoms with Gasteiger partial charge in [-0.15, -0.1) is 11.3 Å². The number of nitrogens with zero attached hydrogens (tertiary/aromatic N) is 1. The molecule has 3 rings (SSSR count). The van der Waals surface area contributed by atoms with Crippen LogP contribution >= 0.6 is 11.3 Å². The van der Waals surface area contributed by atoms with Gasteiger partial charge in [0, 0.05) is 29.5 Å². The molecule has 3 aromatic rings. The van der Waals surface area contributed by atoms with Crippen LogP contribution < -0.4 is 15.4 Å². The lowest BCUT2D eigenvalue weighted by molar-refractivity contribution is -0.119. The maximum Gasteiger partial charge on any atom is 0.387 e. The zero-order valence-corrected chi connectivity index (χ0v) is 18.2. The molecular formula is C23H21F2N3O3S. The number of rotatable bonds is 8. The van der Waals surface area contributed by atoms with E-state index >= 15 is 0 Å². The van der Waals surface area contributed by atoms with E-state index in [1.54, 1.807) is 18.2 Å². The fraction of sp³-hybridized carbons (Fsp3) is 0.174. The lowest BCUT2D eigenvalue weighted by atomic mass is 10.1. The predicted molar refractivity (Wildman–Crippen MR) is 121 cm³/mol. The van der Waals surface area contributed by atoms with Crippen molar-refractivity contribution >= 4 is 34.4 Å². The molecule has 0 radical (unpaired) electrons. The maximum absolute atomic E-state index is 12.5. The minimum Gasteiger partial charge on any atom is -0.434 e. The number of thiazole rings is 1. The van der Waals surface area contributed by atoms with Gasteiger partial charge < -0.3 is 10.1 Å². The molecule has 2 aromatic carbocycles. The van der Waals surface area contributed by atoms with Crippen LogP contribution in [0.5, 0.6) is 5.75 Å². The van der Waals surface area contributed by atoms with E-state index in [1.165, 1.54) is 36.5 Å². The number of aromatic nitrogens is 1. The van der Waals surface area contributed by atoms with Crippen LogP contribution in [0.2, 0.25) is 0 Å². The highest BCUT2D eigenvalue weighted by molar-refractivity contribution is 7.14. The van der Waals surface area contributed by atoms with Crippen molar-refractivity contribution in [3.8, 4) is 17.0 Å². The minimum atomic E-state index is -2.95. The molecular weight excluding hydrogens is 436 g/mol. The van der Waals surface area contributed by atoms with E-state index in [1.807, 2.05) is 36.6 Å². The second kappa shape index (κ2) is 10.6. The quantitative estimate of drug-likeness (QED) is 0.452. The smallest absolute Gasteiger partial charge is 0.387 e. The van der Waals surface area contributed by atoms with E-state index in [0.717, 1.165) is 11.1 Å². The number of carbonyl (C=O) groups is 2. The number of alkyl halides is 2. The Morgan fingerprint density at radius 1 is 1.12 bits per heavy atom. The lowest BCUT2D eigenvalue weighted by Gasteiger charge is -2.12. The molecule has 1 aromatic heterocycles. The maximum atomic E-state index is 12.5. The van der Waals surface area contributed by atoms with Crippen molar-refractivity contribution in [1.82, 2.24) is 10.3 Å². The summed E-state index contributed by atoms with van der Waals surface area (Å²) in [4.78, 5) is 27.8. The average Bonchev–Trinajstić information content (AvgIpc) is 3.21. The molecule has 0 spiro atoms. The number of halogens is 2. The number of anilines is 1. The van der Waals surface area contributed by atoms with Crippen molar-refractivity contribution in [2.75, 3.05) is 5.32 Å². The highest BCUT2D eigenvalue weighted by Crippen LogP contribution is 2.26. The van der Waals surface area contributed by atoms with Crippen molar-refractivity contribution < 1.29 is 23.1 Å². The Morgan fingerprint density at radius 2 is 1.84 bits per heavy atom. The van der Waals surface area contributed by atoms with Crippen molar-refractivity contribution in [3.63, 3.8) is 0 Å². The third-order valence-corrected chi connectivity index (χ3v) is 5.17. The molecule has 0 bridgehead atoms. The third kappa shape index (κ3) is 6.45. The van der Waals surface area contributed by atoms with Gasteiger partial charge in [-0.2, -0.15) is 8.78 Å². The number of carbonyl (C=O) groups excluding carboxylic acids is 2. The Kier molecular flexibility index (Phi) is 7.67. The highest BCUT2D eigenvalue weighted by atomic mass is 32.1. The first-order valence-corrected chi connectivity index (χ1v) is 10.6. The summed E-state index contributed by atoms with van der Waals surface area (Å²) in [5.74, 6) is -0.558. The van der Waals surface area contributed by atoms with Gasteiger partial charge >= 0.3 is 6.61 Å². The van der Waals surface area contributed by atoms with Crippen molar-refractivity contribution in [2.45, 2.75) is 26.5 Å². The molecule has 6 nitrogen and oxygen atoms in total. The number of benzene rings is 2.